The number of carbonyl (C=O) groups excluding carboxylic acids is 1. The van der Waals surface area contributed by atoms with E-state index in [1.807, 2.05) is 4.72 Å². The van der Waals surface area contributed by atoms with E-state index in [1.54, 1.807) is 24.3 Å². The Labute approximate surface area is 190 Å². The Morgan fingerprint density at radius 3 is 2.31 bits per heavy atom. The topological polar surface area (TPSA) is 114 Å². The molecule has 0 saturated carbocycles. The molecular weight excluding hydrogens is 470 g/mol. The zero-order valence-electron chi connectivity index (χ0n) is 17.0. The zero-order chi connectivity index (χ0) is 22.8. The number of piperidine rings is 1. The molecule has 0 atom stereocenters. The second-order valence-electron chi connectivity index (χ2n) is 7.31. The van der Waals surface area contributed by atoms with Gasteiger partial charge in [0.25, 0.3) is 15.9 Å². The first-order valence-corrected chi connectivity index (χ1v) is 13.8. The summed E-state index contributed by atoms with van der Waals surface area (Å²) < 4.78 is 52.4. The van der Waals surface area contributed by atoms with Gasteiger partial charge in [0.15, 0.2) is 0 Å². The largest absolute Gasteiger partial charge is 0.357 e. The summed E-state index contributed by atoms with van der Waals surface area (Å²) in [4.78, 5) is 18.8. The third kappa shape index (κ3) is 4.69. The van der Waals surface area contributed by atoms with Gasteiger partial charge in [-0.25, -0.2) is 26.5 Å². The fraction of sp³-hybridized carbons (Fsp3) is 0.238. The molecule has 2 aromatic heterocycles. The lowest BCUT2D eigenvalue weighted by Crippen LogP contribution is -2.31. The first-order valence-electron chi connectivity index (χ1n) is 9.94. The van der Waals surface area contributed by atoms with Crippen LogP contribution in [0.15, 0.2) is 74.1 Å². The number of nitrogens with zero attached hydrogens (tertiary/aromatic N) is 2. The van der Waals surface area contributed by atoms with Crippen molar-refractivity contribution in [3.8, 4) is 0 Å². The number of sulfone groups is 1. The van der Waals surface area contributed by atoms with Gasteiger partial charge in [-0.2, -0.15) is 0 Å². The van der Waals surface area contributed by atoms with Gasteiger partial charge in [-0.05, 0) is 49.6 Å². The van der Waals surface area contributed by atoms with Crippen LogP contribution in [0.3, 0.4) is 0 Å². The predicted octanol–water partition coefficient (Wildman–Crippen LogP) is 3.08. The Kier molecular flexibility index (Phi) is 6.31. The van der Waals surface area contributed by atoms with Crippen LogP contribution in [0.4, 0.5) is 5.82 Å². The summed E-state index contributed by atoms with van der Waals surface area (Å²) in [6.07, 6.45) is 4.70. The van der Waals surface area contributed by atoms with E-state index in [4.69, 9.17) is 0 Å². The number of thiophene rings is 1. The van der Waals surface area contributed by atoms with Gasteiger partial charge in [0, 0.05) is 24.7 Å². The molecule has 1 fully saturated rings. The maximum atomic E-state index is 12.7. The Morgan fingerprint density at radius 1 is 0.938 bits per heavy atom. The third-order valence-corrected chi connectivity index (χ3v) is 9.77. The molecule has 11 heteroatoms. The van der Waals surface area contributed by atoms with Crippen molar-refractivity contribution in [2.45, 2.75) is 33.3 Å². The maximum Gasteiger partial charge on any atom is 0.273 e. The van der Waals surface area contributed by atoms with Gasteiger partial charge in [-0.1, -0.05) is 18.2 Å². The van der Waals surface area contributed by atoms with Crippen molar-refractivity contribution in [1.29, 1.82) is 0 Å². The minimum Gasteiger partial charge on any atom is -0.357 e. The fourth-order valence-electron chi connectivity index (χ4n) is 3.38. The molecule has 0 bridgehead atoms. The summed E-state index contributed by atoms with van der Waals surface area (Å²) in [5.74, 6) is -0.0818. The van der Waals surface area contributed by atoms with Crippen LogP contribution in [-0.2, 0) is 19.9 Å². The summed E-state index contributed by atoms with van der Waals surface area (Å²) in [5, 5.41) is 1.25. The normalized spacial score (nSPS) is 14.8. The molecule has 0 unspecified atom stereocenters. The van der Waals surface area contributed by atoms with E-state index in [0.717, 1.165) is 49.2 Å². The number of hydrogen-bond acceptors (Lipinski definition) is 8. The predicted molar refractivity (Wildman–Crippen MR) is 121 cm³/mol. The molecule has 1 saturated heterocycles. The summed E-state index contributed by atoms with van der Waals surface area (Å²) in [7, 11) is -8.10. The van der Waals surface area contributed by atoms with E-state index in [0.29, 0.717) is 0 Å². The SMILES string of the molecule is O=C(NS(=O)(=O)c1cc(S(=O)(=O)c2ccccc2)cs1)c1ccc(N2CCCCC2)nc1. The quantitative estimate of drug-likeness (QED) is 0.564. The molecule has 0 radical (unpaired) electrons. The molecule has 1 aliphatic rings. The lowest BCUT2D eigenvalue weighted by molar-refractivity contribution is 0.0981. The van der Waals surface area contributed by atoms with Crippen LogP contribution in [-0.4, -0.2) is 40.8 Å². The number of aromatic nitrogens is 1. The van der Waals surface area contributed by atoms with Crippen molar-refractivity contribution in [2.24, 2.45) is 0 Å². The van der Waals surface area contributed by atoms with Crippen LogP contribution in [0.25, 0.3) is 0 Å². The van der Waals surface area contributed by atoms with Crippen LogP contribution >= 0.6 is 11.3 Å². The Bertz CT molecular complexity index is 1310. The molecular formula is C21H21N3O5S3. The lowest BCUT2D eigenvalue weighted by atomic mass is 10.1. The minimum absolute atomic E-state index is 0.0608. The van der Waals surface area contributed by atoms with Crippen LogP contribution in [0, 0.1) is 0 Å². The van der Waals surface area contributed by atoms with E-state index in [9.17, 15) is 21.6 Å². The number of carbonyl (C=O) groups is 1. The van der Waals surface area contributed by atoms with Crippen molar-refractivity contribution in [2.75, 3.05) is 18.0 Å². The molecule has 1 aliphatic heterocycles. The molecule has 3 aromatic rings. The Morgan fingerprint density at radius 2 is 1.66 bits per heavy atom. The maximum absolute atomic E-state index is 12.7. The van der Waals surface area contributed by atoms with Crippen LogP contribution < -0.4 is 9.62 Å². The van der Waals surface area contributed by atoms with Crippen molar-refractivity contribution < 1.29 is 21.6 Å². The van der Waals surface area contributed by atoms with E-state index < -0.39 is 25.8 Å². The molecule has 1 aromatic carbocycles. The molecule has 1 N–H and O–H groups in total. The standard InChI is InChI=1S/C21H21N3O5S3/c25-21(16-9-10-19(22-14-16)24-11-5-2-6-12-24)23-32(28,29)20-13-18(15-30-20)31(26,27)17-7-3-1-4-8-17/h1,3-4,7-10,13-15H,2,5-6,11-12H2,(H,23,25). The number of pyridine rings is 1. The molecule has 0 aliphatic carbocycles. The lowest BCUT2D eigenvalue weighted by Gasteiger charge is -2.27. The van der Waals surface area contributed by atoms with Crippen molar-refractivity contribution >= 4 is 42.9 Å². The summed E-state index contributed by atoms with van der Waals surface area (Å²) >= 11 is 0.732. The van der Waals surface area contributed by atoms with Gasteiger partial charge < -0.3 is 4.90 Å². The van der Waals surface area contributed by atoms with Gasteiger partial charge >= 0.3 is 0 Å². The highest BCUT2D eigenvalue weighted by molar-refractivity contribution is 7.93. The number of amides is 1. The molecule has 32 heavy (non-hydrogen) atoms. The molecule has 4 rings (SSSR count). The number of anilines is 1. The molecule has 1 amide bonds. The smallest absolute Gasteiger partial charge is 0.273 e. The summed E-state index contributed by atoms with van der Waals surface area (Å²) in [6.45, 7) is 1.80. The Hall–Kier alpha value is -2.76. The number of rotatable bonds is 6. The zero-order valence-corrected chi connectivity index (χ0v) is 19.4. The minimum atomic E-state index is -4.24. The Balaban J connectivity index is 1.49. The third-order valence-electron chi connectivity index (χ3n) is 5.10. The number of sulfonamides is 1. The van der Waals surface area contributed by atoms with Crippen molar-refractivity contribution in [1.82, 2.24) is 9.71 Å². The van der Waals surface area contributed by atoms with Gasteiger partial charge in [0.2, 0.25) is 9.84 Å². The van der Waals surface area contributed by atoms with Crippen molar-refractivity contribution in [3.63, 3.8) is 0 Å². The van der Waals surface area contributed by atoms with E-state index in [2.05, 4.69) is 9.88 Å². The second kappa shape index (κ2) is 9.00. The molecule has 8 nitrogen and oxygen atoms in total. The summed E-state index contributed by atoms with van der Waals surface area (Å²) in [5.41, 5.74) is 0.100. The van der Waals surface area contributed by atoms with Gasteiger partial charge in [-0.3, -0.25) is 4.79 Å². The number of hydrogen-bond donors (Lipinski definition) is 1. The van der Waals surface area contributed by atoms with E-state index in [-0.39, 0.29) is 19.6 Å². The summed E-state index contributed by atoms with van der Waals surface area (Å²) in [6, 6.07) is 12.0. The average Bonchev–Trinajstić information content (AvgIpc) is 3.33. The first-order chi connectivity index (χ1) is 15.3. The van der Waals surface area contributed by atoms with Crippen molar-refractivity contribution in [3.05, 3.63) is 65.7 Å². The fourth-order valence-corrected chi connectivity index (χ4v) is 7.26. The monoisotopic (exact) mass is 491 g/mol. The van der Waals surface area contributed by atoms with E-state index >= 15 is 0 Å². The number of benzene rings is 1. The van der Waals surface area contributed by atoms with Gasteiger partial charge in [0.1, 0.15) is 10.0 Å². The highest BCUT2D eigenvalue weighted by atomic mass is 32.2. The van der Waals surface area contributed by atoms with Crippen LogP contribution in [0.1, 0.15) is 29.6 Å². The molecule has 168 valence electrons. The van der Waals surface area contributed by atoms with E-state index in [1.165, 1.54) is 36.2 Å². The average molecular weight is 492 g/mol. The first kappa shape index (κ1) is 22.4. The van der Waals surface area contributed by atoms with Crippen LogP contribution in [0.2, 0.25) is 0 Å². The highest BCUT2D eigenvalue weighted by Crippen LogP contribution is 2.28. The van der Waals surface area contributed by atoms with Crippen LogP contribution in [0.5, 0.6) is 0 Å². The van der Waals surface area contributed by atoms with Gasteiger partial charge in [-0.15, -0.1) is 11.3 Å². The molecule has 3 heterocycles. The molecule has 0 spiro atoms. The van der Waals surface area contributed by atoms with Gasteiger partial charge in [0.05, 0.1) is 15.4 Å². The number of nitrogens with one attached hydrogen (secondary N) is 1. The second-order valence-corrected chi connectivity index (χ2v) is 12.1. The highest BCUT2D eigenvalue weighted by Gasteiger charge is 2.26.